The Hall–Kier alpha value is -3.52. The molecule has 1 atom stereocenters. The second-order valence-electron chi connectivity index (χ2n) is 9.60. The molecule has 0 aliphatic carbocycles. The number of amides is 2. The largest absolute Gasteiger partial charge is 0.353 e. The van der Waals surface area contributed by atoms with Crippen LogP contribution in [0.2, 0.25) is 0 Å². The van der Waals surface area contributed by atoms with Gasteiger partial charge in [0.05, 0.1) is 20.6 Å². The molecule has 0 aliphatic rings. The minimum atomic E-state index is -0.111. The second kappa shape index (κ2) is 24.5. The summed E-state index contributed by atoms with van der Waals surface area (Å²) >= 11 is 0. The standard InChI is InChI=1S/C12H13NO.C11H26N4O.C8H10.C2H4/c1-3-10(4-2)11-5-7-12(8-6-11)13-9-14;1-4-14-11(16)10(13)6-5-8-15(2,3)9-7-12;1-2-8-6-4-3-5-7-8;1-2/h3-9H,1H2,2H3,(H,13,14);10H,4-9,12-13H2,1-3H3;3-7H,2H2,1H3;1-2H2/p+3/b10-4+;;;. The van der Waals surface area contributed by atoms with Gasteiger partial charge in [-0.05, 0) is 49.1 Å². The zero-order valence-electron chi connectivity index (χ0n) is 25.8. The summed E-state index contributed by atoms with van der Waals surface area (Å²) in [6.07, 6.45) is 7.51. The van der Waals surface area contributed by atoms with Crippen LogP contribution in [0.3, 0.4) is 0 Å². The molecule has 0 fully saturated rings. The summed E-state index contributed by atoms with van der Waals surface area (Å²) in [5, 5.41) is 5.39. The summed E-state index contributed by atoms with van der Waals surface area (Å²) in [5.41, 5.74) is 12.2. The van der Waals surface area contributed by atoms with Gasteiger partial charge in [-0.15, -0.1) is 13.2 Å². The van der Waals surface area contributed by atoms with Crippen LogP contribution in [-0.2, 0) is 16.0 Å². The number of nitrogens with one attached hydrogen (secondary N) is 2. The maximum atomic E-state index is 11.4. The molecule has 0 saturated heterocycles. The monoisotopic (exact) mass is 554 g/mol. The Balaban J connectivity index is 0. The van der Waals surface area contributed by atoms with E-state index >= 15 is 0 Å². The third-order valence-corrected chi connectivity index (χ3v) is 6.03. The summed E-state index contributed by atoms with van der Waals surface area (Å²) in [5.74, 6) is 0.0740. The Bertz CT molecular complexity index is 957. The van der Waals surface area contributed by atoms with Crippen LogP contribution in [0.5, 0.6) is 0 Å². The number of hydrogen-bond donors (Lipinski definition) is 4. The van der Waals surface area contributed by atoms with E-state index in [0.29, 0.717) is 13.0 Å². The lowest BCUT2D eigenvalue weighted by atomic mass is 10.1. The molecule has 0 spiro atoms. The number of carbonyl (C=O) groups excluding carboxylic acids is 2. The van der Waals surface area contributed by atoms with Gasteiger partial charge in [-0.25, -0.2) is 0 Å². The molecular formula is C33H56N5O2+3. The number of anilines is 1. The first-order valence-corrected chi connectivity index (χ1v) is 14.0. The minimum absolute atomic E-state index is 0.0740. The molecule has 222 valence electrons. The fourth-order valence-corrected chi connectivity index (χ4v) is 3.70. The molecular weight excluding hydrogens is 498 g/mol. The topological polar surface area (TPSA) is 113 Å². The Morgan fingerprint density at radius 2 is 1.62 bits per heavy atom. The highest BCUT2D eigenvalue weighted by atomic mass is 16.2. The maximum absolute atomic E-state index is 11.4. The highest BCUT2D eigenvalue weighted by Gasteiger charge is 2.19. The highest BCUT2D eigenvalue weighted by molar-refractivity contribution is 5.80. The van der Waals surface area contributed by atoms with Crippen LogP contribution in [-0.4, -0.2) is 63.1 Å². The Labute approximate surface area is 243 Å². The van der Waals surface area contributed by atoms with E-state index in [4.69, 9.17) is 0 Å². The summed E-state index contributed by atoms with van der Waals surface area (Å²) in [7, 11) is 4.41. The normalized spacial score (nSPS) is 11.1. The van der Waals surface area contributed by atoms with Gasteiger partial charge in [0.15, 0.2) is 6.04 Å². The second-order valence-corrected chi connectivity index (χ2v) is 9.60. The third-order valence-electron chi connectivity index (χ3n) is 6.03. The summed E-state index contributed by atoms with van der Waals surface area (Å²) < 4.78 is 0.978. The quantitative estimate of drug-likeness (QED) is 0.131. The molecule has 0 heterocycles. The lowest BCUT2D eigenvalue weighted by Gasteiger charge is -2.28. The lowest BCUT2D eigenvalue weighted by molar-refractivity contribution is -0.895. The number of aryl methyl sites for hydroxylation is 1. The van der Waals surface area contributed by atoms with Gasteiger partial charge in [0, 0.05) is 25.1 Å². The third kappa shape index (κ3) is 18.7. The predicted molar refractivity (Wildman–Crippen MR) is 171 cm³/mol. The van der Waals surface area contributed by atoms with E-state index in [0.717, 1.165) is 60.2 Å². The maximum Gasteiger partial charge on any atom is 0.278 e. The molecule has 1 unspecified atom stereocenters. The number of carbonyl (C=O) groups is 2. The van der Waals surface area contributed by atoms with Gasteiger partial charge in [0.25, 0.3) is 5.91 Å². The van der Waals surface area contributed by atoms with Gasteiger partial charge in [0.1, 0.15) is 13.1 Å². The molecule has 2 rings (SSSR count). The number of nitrogens with zero attached hydrogens (tertiary/aromatic N) is 1. The van der Waals surface area contributed by atoms with Crippen LogP contribution in [0, 0.1) is 0 Å². The van der Waals surface area contributed by atoms with Crippen molar-refractivity contribution in [3.63, 3.8) is 0 Å². The van der Waals surface area contributed by atoms with Crippen LogP contribution in [0.1, 0.15) is 44.7 Å². The number of likely N-dealkylation sites (N-methyl/N-ethyl adjacent to an activating group) is 2. The zero-order chi connectivity index (χ0) is 30.8. The average Bonchev–Trinajstić information content (AvgIpc) is 2.97. The van der Waals surface area contributed by atoms with Gasteiger partial charge >= 0.3 is 0 Å². The molecule has 0 bridgehead atoms. The van der Waals surface area contributed by atoms with Crippen molar-refractivity contribution in [1.29, 1.82) is 0 Å². The molecule has 2 amide bonds. The number of rotatable bonds is 13. The van der Waals surface area contributed by atoms with Crippen molar-refractivity contribution in [2.75, 3.05) is 45.6 Å². The number of hydrogen-bond acceptors (Lipinski definition) is 2. The Morgan fingerprint density at radius 1 is 1.02 bits per heavy atom. The first-order chi connectivity index (χ1) is 19.2. The summed E-state index contributed by atoms with van der Waals surface area (Å²) in [6, 6.07) is 18.0. The first-order valence-electron chi connectivity index (χ1n) is 14.0. The van der Waals surface area contributed by atoms with E-state index in [1.807, 2.05) is 56.3 Å². The number of quaternary nitrogens is 3. The van der Waals surface area contributed by atoms with E-state index in [-0.39, 0.29) is 11.9 Å². The molecule has 0 aromatic heterocycles. The number of allylic oxidation sites excluding steroid dienone is 3. The first kappa shape index (κ1) is 38.6. The Morgan fingerprint density at radius 3 is 2.05 bits per heavy atom. The molecule has 2 aromatic carbocycles. The van der Waals surface area contributed by atoms with Gasteiger partial charge < -0.3 is 26.6 Å². The van der Waals surface area contributed by atoms with E-state index in [1.54, 1.807) is 0 Å². The minimum Gasteiger partial charge on any atom is -0.353 e. The summed E-state index contributed by atoms with van der Waals surface area (Å²) in [6.45, 7) is 19.6. The van der Waals surface area contributed by atoms with Crippen LogP contribution >= 0.6 is 0 Å². The van der Waals surface area contributed by atoms with Crippen molar-refractivity contribution >= 4 is 23.6 Å². The summed E-state index contributed by atoms with van der Waals surface area (Å²) in [4.78, 5) is 21.6. The molecule has 8 N–H and O–H groups in total. The zero-order valence-corrected chi connectivity index (χ0v) is 25.8. The van der Waals surface area contributed by atoms with Gasteiger partial charge in [0.2, 0.25) is 6.41 Å². The van der Waals surface area contributed by atoms with E-state index < -0.39 is 0 Å². The van der Waals surface area contributed by atoms with Gasteiger partial charge in [-0.1, -0.05) is 68.1 Å². The Kier molecular flexibility index (Phi) is 23.7. The molecule has 0 aliphatic heterocycles. The van der Waals surface area contributed by atoms with Crippen molar-refractivity contribution in [1.82, 2.24) is 5.32 Å². The SMILES string of the molecule is C=C.C=C/C(=C\C)c1ccc(NC=O)cc1.CCNC(=O)C([NH3+])CCC[N+](C)(C)CC[NH3+].CCc1ccccc1. The van der Waals surface area contributed by atoms with E-state index in [9.17, 15) is 9.59 Å². The molecule has 0 radical (unpaired) electrons. The molecule has 0 saturated carbocycles. The van der Waals surface area contributed by atoms with Gasteiger partial charge in [-0.2, -0.15) is 0 Å². The fourth-order valence-electron chi connectivity index (χ4n) is 3.70. The molecule has 2 aromatic rings. The smallest absolute Gasteiger partial charge is 0.278 e. The van der Waals surface area contributed by atoms with E-state index in [1.165, 1.54) is 5.56 Å². The lowest BCUT2D eigenvalue weighted by Crippen LogP contribution is -2.67. The predicted octanol–water partition coefficient (Wildman–Crippen LogP) is 3.73. The number of benzene rings is 2. The van der Waals surface area contributed by atoms with E-state index in [2.05, 4.69) is 87.1 Å². The van der Waals surface area contributed by atoms with Crippen molar-refractivity contribution < 1.29 is 25.5 Å². The van der Waals surface area contributed by atoms with Crippen molar-refractivity contribution in [3.05, 3.63) is 97.6 Å². The highest BCUT2D eigenvalue weighted by Crippen LogP contribution is 2.17. The van der Waals surface area contributed by atoms with Crippen LogP contribution in [0.25, 0.3) is 5.57 Å². The van der Waals surface area contributed by atoms with Crippen LogP contribution in [0.15, 0.2) is 86.5 Å². The average molecular weight is 555 g/mol. The molecule has 40 heavy (non-hydrogen) atoms. The van der Waals surface area contributed by atoms with Crippen molar-refractivity contribution in [2.24, 2.45) is 0 Å². The van der Waals surface area contributed by atoms with Crippen molar-refractivity contribution in [3.8, 4) is 0 Å². The van der Waals surface area contributed by atoms with Crippen LogP contribution < -0.4 is 22.1 Å². The fraction of sp³-hybridized carbons (Fsp3) is 0.394. The van der Waals surface area contributed by atoms with Crippen molar-refractivity contribution in [2.45, 2.75) is 46.1 Å². The van der Waals surface area contributed by atoms with Gasteiger partial charge in [-0.3, -0.25) is 9.59 Å². The molecule has 7 nitrogen and oxygen atoms in total. The van der Waals surface area contributed by atoms with Crippen LogP contribution in [0.4, 0.5) is 5.69 Å². The molecule has 7 heteroatoms.